The second-order valence-electron chi connectivity index (χ2n) is 3.67. The van der Waals surface area contributed by atoms with Gasteiger partial charge in [0.05, 0.1) is 11.1 Å². The number of aromatic nitrogens is 2. The quantitative estimate of drug-likeness (QED) is 0.823. The molecule has 0 amide bonds. The van der Waals surface area contributed by atoms with Gasteiger partial charge in [-0.25, -0.2) is 4.79 Å². The van der Waals surface area contributed by atoms with Gasteiger partial charge in [-0.2, -0.15) is 26.3 Å². The smallest absolute Gasteiger partial charge is 0.296 e. The normalized spacial score (nSPS) is 12.7. The van der Waals surface area contributed by atoms with Crippen LogP contribution in [-0.2, 0) is 12.4 Å². The molecule has 0 saturated carbocycles. The average molecular weight is 298 g/mol. The van der Waals surface area contributed by atoms with Crippen LogP contribution in [0.5, 0.6) is 0 Å². The molecule has 4 nitrogen and oxygen atoms in total. The van der Waals surface area contributed by atoms with Crippen molar-refractivity contribution in [2.24, 2.45) is 0 Å². The Kier molecular flexibility index (Phi) is 3.11. The lowest BCUT2D eigenvalue weighted by Gasteiger charge is -2.16. The van der Waals surface area contributed by atoms with Crippen LogP contribution in [-0.4, -0.2) is 10.1 Å². The molecule has 10 heteroatoms. The first-order valence-corrected chi connectivity index (χ1v) is 4.94. The Hall–Kier alpha value is -2.26. The molecule has 1 N–H and O–H groups in total. The molecule has 0 bridgehead atoms. The van der Waals surface area contributed by atoms with Crippen LogP contribution in [0.3, 0.4) is 0 Å². The number of hydrogen-bond donors (Lipinski definition) is 1. The molecule has 1 heterocycles. The van der Waals surface area contributed by atoms with Gasteiger partial charge in [0.15, 0.2) is 5.82 Å². The number of rotatable bonds is 1. The van der Waals surface area contributed by atoms with Crippen molar-refractivity contribution in [3.8, 4) is 11.4 Å². The Balaban J connectivity index is 2.82. The number of H-pyrrole nitrogens is 1. The minimum Gasteiger partial charge on any atom is -0.296 e. The van der Waals surface area contributed by atoms with Crippen molar-refractivity contribution in [2.45, 2.75) is 12.4 Å². The van der Waals surface area contributed by atoms with Crippen molar-refractivity contribution in [3.63, 3.8) is 0 Å². The molecule has 0 saturated heterocycles. The van der Waals surface area contributed by atoms with Crippen molar-refractivity contribution in [2.75, 3.05) is 0 Å². The van der Waals surface area contributed by atoms with Crippen LogP contribution >= 0.6 is 0 Å². The van der Waals surface area contributed by atoms with Gasteiger partial charge in [-0.15, -0.1) is 0 Å². The molecule has 108 valence electrons. The van der Waals surface area contributed by atoms with Gasteiger partial charge >= 0.3 is 18.1 Å². The van der Waals surface area contributed by atoms with E-state index < -0.39 is 40.6 Å². The Bertz CT molecular complexity index is 650. The molecule has 20 heavy (non-hydrogen) atoms. The van der Waals surface area contributed by atoms with E-state index >= 15 is 0 Å². The third-order valence-electron chi connectivity index (χ3n) is 2.35. The zero-order chi connectivity index (χ0) is 15.1. The fourth-order valence-corrected chi connectivity index (χ4v) is 1.62. The summed E-state index contributed by atoms with van der Waals surface area (Å²) in [5.74, 6) is -2.19. The first-order chi connectivity index (χ1) is 9.10. The van der Waals surface area contributed by atoms with Gasteiger partial charge in [-0.1, -0.05) is 11.2 Å². The van der Waals surface area contributed by atoms with E-state index in [1.54, 1.807) is 4.98 Å². The van der Waals surface area contributed by atoms with E-state index in [0.29, 0.717) is 18.2 Å². The summed E-state index contributed by atoms with van der Waals surface area (Å²) in [6, 6.07) is 1.53. The predicted molar refractivity (Wildman–Crippen MR) is 52.6 cm³/mol. The zero-order valence-corrected chi connectivity index (χ0v) is 9.26. The van der Waals surface area contributed by atoms with E-state index in [9.17, 15) is 31.1 Å². The molecule has 0 unspecified atom stereocenters. The van der Waals surface area contributed by atoms with Crippen LogP contribution in [0.15, 0.2) is 27.5 Å². The first kappa shape index (κ1) is 14.2. The number of hydrogen-bond acceptors (Lipinski definition) is 3. The second kappa shape index (κ2) is 4.39. The molecule has 1 aromatic heterocycles. The summed E-state index contributed by atoms with van der Waals surface area (Å²) in [7, 11) is 0. The Morgan fingerprint density at radius 1 is 1.00 bits per heavy atom. The van der Waals surface area contributed by atoms with E-state index in [4.69, 9.17) is 0 Å². The van der Waals surface area contributed by atoms with E-state index in [-0.39, 0.29) is 0 Å². The number of halogens is 6. The lowest BCUT2D eigenvalue weighted by molar-refractivity contribution is -0.142. The topological polar surface area (TPSA) is 58.9 Å². The second-order valence-corrected chi connectivity index (χ2v) is 3.67. The number of alkyl halides is 6. The van der Waals surface area contributed by atoms with Crippen molar-refractivity contribution in [3.05, 3.63) is 39.9 Å². The molecular formula is C10H4F6N2O2. The van der Waals surface area contributed by atoms with Crippen molar-refractivity contribution >= 4 is 0 Å². The molecule has 0 aliphatic heterocycles. The maximum absolute atomic E-state index is 12.8. The molecule has 2 rings (SSSR count). The lowest BCUT2D eigenvalue weighted by Crippen LogP contribution is -2.14. The van der Waals surface area contributed by atoms with Gasteiger partial charge in [-0.3, -0.25) is 9.51 Å². The number of nitrogens with zero attached hydrogens (tertiary/aromatic N) is 1. The summed E-state index contributed by atoms with van der Waals surface area (Å²) in [5, 5.41) is 2.89. The molecule has 0 radical (unpaired) electrons. The van der Waals surface area contributed by atoms with E-state index in [0.717, 1.165) is 0 Å². The molecule has 0 spiro atoms. The largest absolute Gasteiger partial charge is 0.439 e. The molecule has 2 aromatic rings. The third-order valence-corrected chi connectivity index (χ3v) is 2.35. The van der Waals surface area contributed by atoms with Crippen molar-refractivity contribution < 1.29 is 30.9 Å². The SMILES string of the molecule is O=c1[nH]c(-c2c(C(F)(F)F)cccc2C(F)(F)F)no1. The van der Waals surface area contributed by atoms with Gasteiger partial charge in [0, 0.05) is 5.56 Å². The number of aromatic amines is 1. The van der Waals surface area contributed by atoms with E-state index in [1.165, 1.54) is 0 Å². The standard InChI is InChI=1S/C10H4F6N2O2/c11-9(12,13)4-2-1-3-5(10(14,15)16)6(4)7-17-8(19)20-18-7/h1-3H,(H,17,18,19). The highest BCUT2D eigenvalue weighted by molar-refractivity contribution is 5.66. The van der Waals surface area contributed by atoms with Crippen LogP contribution < -0.4 is 5.76 Å². The predicted octanol–water partition coefficient (Wildman–Crippen LogP) is 3.07. The Morgan fingerprint density at radius 3 is 1.85 bits per heavy atom. The highest BCUT2D eigenvalue weighted by Crippen LogP contribution is 2.43. The van der Waals surface area contributed by atoms with Crippen LogP contribution in [0.1, 0.15) is 11.1 Å². The number of nitrogens with one attached hydrogen (secondary N) is 1. The molecule has 0 fully saturated rings. The molecular weight excluding hydrogens is 294 g/mol. The lowest BCUT2D eigenvalue weighted by atomic mass is 9.99. The van der Waals surface area contributed by atoms with Crippen molar-refractivity contribution in [1.29, 1.82) is 0 Å². The monoisotopic (exact) mass is 298 g/mol. The number of benzene rings is 1. The highest BCUT2D eigenvalue weighted by atomic mass is 19.4. The average Bonchev–Trinajstić information content (AvgIpc) is 2.72. The summed E-state index contributed by atoms with van der Waals surface area (Å²) >= 11 is 0. The maximum Gasteiger partial charge on any atom is 0.439 e. The van der Waals surface area contributed by atoms with Gasteiger partial charge in [0.2, 0.25) is 0 Å². The highest BCUT2D eigenvalue weighted by Gasteiger charge is 2.42. The molecule has 1 aromatic carbocycles. The summed E-state index contributed by atoms with van der Waals surface area (Å²) in [5.41, 5.74) is -4.42. The summed E-state index contributed by atoms with van der Waals surface area (Å²) in [6.45, 7) is 0. The fourth-order valence-electron chi connectivity index (χ4n) is 1.62. The maximum atomic E-state index is 12.8. The Morgan fingerprint density at radius 2 is 1.50 bits per heavy atom. The molecule has 0 aliphatic rings. The van der Waals surface area contributed by atoms with Crippen LogP contribution in [0, 0.1) is 0 Å². The van der Waals surface area contributed by atoms with Crippen LogP contribution in [0.25, 0.3) is 11.4 Å². The van der Waals surface area contributed by atoms with Gasteiger partial charge in [0.25, 0.3) is 0 Å². The minimum atomic E-state index is -5.05. The van der Waals surface area contributed by atoms with E-state index in [1.807, 2.05) is 0 Å². The van der Waals surface area contributed by atoms with Crippen molar-refractivity contribution in [1.82, 2.24) is 10.1 Å². The van der Waals surface area contributed by atoms with Gasteiger partial charge in [-0.05, 0) is 12.1 Å². The third kappa shape index (κ3) is 2.53. The van der Waals surface area contributed by atoms with Crippen LogP contribution in [0.2, 0.25) is 0 Å². The Labute approximate surface area is 106 Å². The molecule has 0 atom stereocenters. The summed E-state index contributed by atoms with van der Waals surface area (Å²) in [4.78, 5) is 12.4. The van der Waals surface area contributed by atoms with E-state index in [2.05, 4.69) is 9.68 Å². The fraction of sp³-hybridized carbons (Fsp3) is 0.200. The van der Waals surface area contributed by atoms with Gasteiger partial charge in [0.1, 0.15) is 0 Å². The van der Waals surface area contributed by atoms with Crippen LogP contribution in [0.4, 0.5) is 26.3 Å². The molecule has 0 aliphatic carbocycles. The summed E-state index contributed by atoms with van der Waals surface area (Å²) in [6.07, 6.45) is -10.1. The van der Waals surface area contributed by atoms with Gasteiger partial charge < -0.3 is 0 Å². The zero-order valence-electron chi connectivity index (χ0n) is 9.26. The minimum absolute atomic E-state index is 0.456. The summed E-state index contributed by atoms with van der Waals surface area (Å²) < 4.78 is 80.7. The first-order valence-electron chi connectivity index (χ1n) is 4.94.